The number of pyridine rings is 2. The topological polar surface area (TPSA) is 102 Å². The highest BCUT2D eigenvalue weighted by molar-refractivity contribution is 7.18. The fourth-order valence-electron chi connectivity index (χ4n) is 3.99. The van der Waals surface area contributed by atoms with Gasteiger partial charge in [-0.15, -0.1) is 11.3 Å². The summed E-state index contributed by atoms with van der Waals surface area (Å²) in [6.07, 6.45) is 3.67. The van der Waals surface area contributed by atoms with Crippen LogP contribution in [0.4, 0.5) is 23.3 Å². The van der Waals surface area contributed by atoms with Crippen LogP contribution in [0.15, 0.2) is 60.2 Å². The van der Waals surface area contributed by atoms with Crippen LogP contribution in [0.1, 0.15) is 0 Å². The van der Waals surface area contributed by atoms with Crippen molar-refractivity contribution in [1.29, 1.82) is 0 Å². The Morgan fingerprint density at radius 2 is 1.88 bits per heavy atom. The number of para-hydroxylation sites is 1. The summed E-state index contributed by atoms with van der Waals surface area (Å²) < 4.78 is 6.28. The number of hydrogen-bond acceptors (Lipinski definition) is 9. The molecule has 5 aromatic rings. The first-order valence-electron chi connectivity index (χ1n) is 10.7. The van der Waals surface area contributed by atoms with Crippen molar-refractivity contribution < 1.29 is 4.74 Å². The lowest BCUT2D eigenvalue weighted by molar-refractivity contribution is 0.122. The van der Waals surface area contributed by atoms with E-state index >= 15 is 0 Å². The number of nitrogen functional groups attached to an aromatic ring is 1. The molecule has 9 heteroatoms. The molecule has 0 radical (unpaired) electrons. The van der Waals surface area contributed by atoms with Crippen LogP contribution in [0, 0.1) is 0 Å². The Morgan fingerprint density at radius 1 is 1.00 bits per heavy atom. The molecule has 1 aromatic carbocycles. The molecular formula is C24H21N7OS. The third-order valence-corrected chi connectivity index (χ3v) is 6.67. The van der Waals surface area contributed by atoms with Crippen molar-refractivity contribution in [3.8, 4) is 11.1 Å². The molecule has 0 amide bonds. The van der Waals surface area contributed by atoms with Crippen molar-refractivity contribution in [2.45, 2.75) is 0 Å². The van der Waals surface area contributed by atoms with Gasteiger partial charge in [0.2, 0.25) is 5.95 Å². The number of ether oxygens (including phenoxy) is 1. The molecule has 0 unspecified atom stereocenters. The van der Waals surface area contributed by atoms with Gasteiger partial charge in [-0.25, -0.2) is 9.97 Å². The van der Waals surface area contributed by atoms with Crippen molar-refractivity contribution in [3.05, 3.63) is 60.2 Å². The van der Waals surface area contributed by atoms with Crippen LogP contribution < -0.4 is 16.0 Å². The van der Waals surface area contributed by atoms with Gasteiger partial charge >= 0.3 is 0 Å². The number of nitrogens with one attached hydrogen (secondary N) is 1. The highest BCUT2D eigenvalue weighted by Crippen LogP contribution is 2.36. The first-order valence-corrected chi connectivity index (χ1v) is 11.6. The summed E-state index contributed by atoms with van der Waals surface area (Å²) in [4.78, 5) is 20.6. The van der Waals surface area contributed by atoms with Crippen molar-refractivity contribution in [2.75, 3.05) is 42.3 Å². The molecule has 4 aromatic heterocycles. The van der Waals surface area contributed by atoms with Gasteiger partial charge in [-0.3, -0.25) is 4.98 Å². The SMILES string of the molecule is Nc1nc(Nc2ccc(N3CCOCC3)nc2)nc2c(-c3cnc4ccccc4c3)csc12. The molecule has 33 heavy (non-hydrogen) atoms. The third-order valence-electron chi connectivity index (χ3n) is 5.68. The normalized spacial score (nSPS) is 14.1. The molecule has 0 bridgehead atoms. The summed E-state index contributed by atoms with van der Waals surface area (Å²) in [6.45, 7) is 3.15. The smallest absolute Gasteiger partial charge is 0.229 e. The molecule has 0 spiro atoms. The lowest BCUT2D eigenvalue weighted by Crippen LogP contribution is -2.36. The number of hydrogen-bond donors (Lipinski definition) is 2. The van der Waals surface area contributed by atoms with E-state index in [2.05, 4.69) is 42.7 Å². The summed E-state index contributed by atoms with van der Waals surface area (Å²) >= 11 is 1.54. The van der Waals surface area contributed by atoms with E-state index in [0.717, 1.165) is 70.1 Å². The Hall–Kier alpha value is -3.82. The first-order chi connectivity index (χ1) is 16.2. The van der Waals surface area contributed by atoms with E-state index in [1.807, 2.05) is 36.5 Å². The molecule has 8 nitrogen and oxygen atoms in total. The number of morpholine rings is 1. The molecule has 0 saturated carbocycles. The second kappa shape index (κ2) is 8.27. The second-order valence-corrected chi connectivity index (χ2v) is 8.69. The minimum absolute atomic E-state index is 0.439. The quantitative estimate of drug-likeness (QED) is 0.409. The summed E-state index contributed by atoms with van der Waals surface area (Å²) in [5.74, 6) is 1.82. The van der Waals surface area contributed by atoms with Crippen LogP contribution in [-0.2, 0) is 4.74 Å². The third kappa shape index (κ3) is 3.81. The van der Waals surface area contributed by atoms with Gasteiger partial charge in [-0.2, -0.15) is 4.98 Å². The van der Waals surface area contributed by atoms with Gasteiger partial charge in [-0.1, -0.05) is 18.2 Å². The van der Waals surface area contributed by atoms with E-state index in [1.54, 1.807) is 6.20 Å². The maximum absolute atomic E-state index is 6.28. The fourth-order valence-corrected chi connectivity index (χ4v) is 4.90. The van der Waals surface area contributed by atoms with Gasteiger partial charge in [0, 0.05) is 41.2 Å². The van der Waals surface area contributed by atoms with Gasteiger partial charge in [0.25, 0.3) is 0 Å². The molecule has 3 N–H and O–H groups in total. The lowest BCUT2D eigenvalue weighted by Gasteiger charge is -2.27. The minimum Gasteiger partial charge on any atom is -0.382 e. The zero-order valence-electron chi connectivity index (χ0n) is 17.7. The van der Waals surface area contributed by atoms with Crippen LogP contribution in [0.5, 0.6) is 0 Å². The van der Waals surface area contributed by atoms with Crippen LogP contribution in [-0.4, -0.2) is 46.2 Å². The second-order valence-electron chi connectivity index (χ2n) is 7.81. The largest absolute Gasteiger partial charge is 0.382 e. The molecule has 1 saturated heterocycles. The monoisotopic (exact) mass is 455 g/mol. The number of anilines is 4. The highest BCUT2D eigenvalue weighted by Gasteiger charge is 2.15. The van der Waals surface area contributed by atoms with E-state index < -0.39 is 0 Å². The number of nitrogens with zero attached hydrogens (tertiary/aromatic N) is 5. The summed E-state index contributed by atoms with van der Waals surface area (Å²) in [7, 11) is 0. The van der Waals surface area contributed by atoms with Gasteiger partial charge in [0.15, 0.2) is 0 Å². The van der Waals surface area contributed by atoms with E-state index in [-0.39, 0.29) is 0 Å². The van der Waals surface area contributed by atoms with Crippen molar-refractivity contribution in [3.63, 3.8) is 0 Å². The van der Waals surface area contributed by atoms with Crippen LogP contribution >= 0.6 is 11.3 Å². The molecule has 6 rings (SSSR count). The lowest BCUT2D eigenvalue weighted by atomic mass is 10.1. The molecule has 0 aliphatic carbocycles. The molecule has 1 fully saturated rings. The molecule has 164 valence electrons. The molecule has 1 aliphatic rings. The Bertz CT molecular complexity index is 1440. The summed E-state index contributed by atoms with van der Waals surface area (Å²) in [5.41, 5.74) is 10.9. The predicted molar refractivity (Wildman–Crippen MR) is 133 cm³/mol. The standard InChI is InChI=1S/C24H21N7OS/c25-23-22-21(18(14-33-22)16-11-15-3-1-2-4-19(15)26-12-16)29-24(30-23)28-17-5-6-20(27-13-17)31-7-9-32-10-8-31/h1-6,11-14H,7-10H2,(H3,25,28,29,30). The van der Waals surface area contributed by atoms with Gasteiger partial charge in [0.05, 0.1) is 40.8 Å². The van der Waals surface area contributed by atoms with Crippen molar-refractivity contribution in [2.24, 2.45) is 0 Å². The highest BCUT2D eigenvalue weighted by atomic mass is 32.1. The van der Waals surface area contributed by atoms with Gasteiger partial charge in [0.1, 0.15) is 11.6 Å². The van der Waals surface area contributed by atoms with Crippen LogP contribution in [0.3, 0.4) is 0 Å². The van der Waals surface area contributed by atoms with E-state index in [9.17, 15) is 0 Å². The average molecular weight is 456 g/mol. The average Bonchev–Trinajstić information content (AvgIpc) is 3.29. The molecule has 5 heterocycles. The Morgan fingerprint density at radius 3 is 2.73 bits per heavy atom. The number of benzene rings is 1. The zero-order chi connectivity index (χ0) is 22.2. The number of aromatic nitrogens is 4. The first kappa shape index (κ1) is 19.8. The maximum Gasteiger partial charge on any atom is 0.229 e. The molecular weight excluding hydrogens is 434 g/mol. The maximum atomic E-state index is 6.28. The Kier molecular flexibility index (Phi) is 4.97. The Balaban J connectivity index is 1.32. The summed E-state index contributed by atoms with van der Waals surface area (Å²) in [6, 6.07) is 14.2. The molecule has 0 atom stereocenters. The van der Waals surface area contributed by atoms with E-state index in [0.29, 0.717) is 11.8 Å². The minimum atomic E-state index is 0.439. The number of nitrogens with two attached hydrogens (primary N) is 1. The van der Waals surface area contributed by atoms with Gasteiger partial charge in [-0.05, 0) is 24.3 Å². The van der Waals surface area contributed by atoms with Crippen molar-refractivity contribution in [1.82, 2.24) is 19.9 Å². The predicted octanol–water partition coefficient (Wildman–Crippen LogP) is 4.46. The summed E-state index contributed by atoms with van der Waals surface area (Å²) in [5, 5.41) is 6.39. The van der Waals surface area contributed by atoms with Crippen molar-refractivity contribution >= 4 is 55.7 Å². The van der Waals surface area contributed by atoms with Crippen LogP contribution in [0.2, 0.25) is 0 Å². The number of thiophene rings is 1. The van der Waals surface area contributed by atoms with E-state index in [1.165, 1.54) is 11.3 Å². The van der Waals surface area contributed by atoms with Gasteiger partial charge < -0.3 is 20.7 Å². The fraction of sp³-hybridized carbons (Fsp3) is 0.167. The zero-order valence-corrected chi connectivity index (χ0v) is 18.5. The van der Waals surface area contributed by atoms with Crippen LogP contribution in [0.25, 0.3) is 32.2 Å². The molecule has 1 aliphatic heterocycles. The number of fused-ring (bicyclic) bond motifs is 2. The number of rotatable bonds is 4. The Labute approximate surface area is 194 Å². The van der Waals surface area contributed by atoms with E-state index in [4.69, 9.17) is 15.5 Å².